The van der Waals surface area contributed by atoms with E-state index in [1.54, 1.807) is 7.11 Å². The van der Waals surface area contributed by atoms with Gasteiger partial charge in [-0.25, -0.2) is 5.90 Å². The molecule has 1 atom stereocenters. The lowest BCUT2D eigenvalue weighted by Crippen LogP contribution is -2.21. The zero-order valence-corrected chi connectivity index (χ0v) is 5.39. The van der Waals surface area contributed by atoms with Crippen LogP contribution in [0.15, 0.2) is 0 Å². The Morgan fingerprint density at radius 1 is 1.62 bits per heavy atom. The van der Waals surface area contributed by atoms with Crippen molar-refractivity contribution in [3.05, 3.63) is 0 Å². The molecule has 3 nitrogen and oxygen atoms in total. The molecule has 0 amide bonds. The summed E-state index contributed by atoms with van der Waals surface area (Å²) >= 11 is 0. The predicted octanol–water partition coefficient (Wildman–Crippen LogP) is 0.302. The Kier molecular flexibility index (Phi) is 4.95. The lowest BCUT2D eigenvalue weighted by atomic mass is 10.3. The molecule has 8 heavy (non-hydrogen) atoms. The van der Waals surface area contributed by atoms with Gasteiger partial charge in [-0.2, -0.15) is 0 Å². The first-order chi connectivity index (χ1) is 3.85. The molecular weight excluding hydrogens is 106 g/mol. The Morgan fingerprint density at radius 2 is 2.25 bits per heavy atom. The van der Waals surface area contributed by atoms with E-state index in [4.69, 9.17) is 10.6 Å². The van der Waals surface area contributed by atoms with Crippen LogP contribution in [0, 0.1) is 0 Å². The van der Waals surface area contributed by atoms with E-state index in [0.29, 0.717) is 6.61 Å². The normalized spacial score (nSPS) is 13.9. The van der Waals surface area contributed by atoms with Crippen LogP contribution in [0.3, 0.4) is 0 Å². The lowest BCUT2D eigenvalue weighted by molar-refractivity contribution is -0.00463. The molecule has 0 rings (SSSR count). The van der Waals surface area contributed by atoms with Crippen molar-refractivity contribution in [2.24, 2.45) is 5.90 Å². The van der Waals surface area contributed by atoms with Gasteiger partial charge in [-0.15, -0.1) is 0 Å². The van der Waals surface area contributed by atoms with E-state index in [-0.39, 0.29) is 6.10 Å². The van der Waals surface area contributed by atoms with Crippen molar-refractivity contribution in [2.75, 3.05) is 13.7 Å². The number of nitrogens with two attached hydrogens (primary N) is 1. The molecule has 1 unspecified atom stereocenters. The van der Waals surface area contributed by atoms with E-state index in [0.717, 1.165) is 6.42 Å². The maximum Gasteiger partial charge on any atom is 0.102 e. The number of hydrogen-bond acceptors (Lipinski definition) is 3. The zero-order valence-electron chi connectivity index (χ0n) is 5.39. The van der Waals surface area contributed by atoms with Gasteiger partial charge >= 0.3 is 0 Å². The SMILES string of the molecule is CCC(COC)ON. The fourth-order valence-corrected chi connectivity index (χ4v) is 0.439. The lowest BCUT2D eigenvalue weighted by Gasteiger charge is -2.08. The summed E-state index contributed by atoms with van der Waals surface area (Å²) in [6.07, 6.45) is 0.949. The maximum absolute atomic E-state index is 4.89. The monoisotopic (exact) mass is 119 g/mol. The predicted molar refractivity (Wildman–Crippen MR) is 31.2 cm³/mol. The first kappa shape index (κ1) is 7.88. The van der Waals surface area contributed by atoms with Crippen LogP contribution in [-0.2, 0) is 9.57 Å². The zero-order chi connectivity index (χ0) is 6.41. The van der Waals surface area contributed by atoms with Crippen molar-refractivity contribution in [1.29, 1.82) is 0 Å². The van der Waals surface area contributed by atoms with Gasteiger partial charge in [0.2, 0.25) is 0 Å². The van der Waals surface area contributed by atoms with Crippen LogP contribution in [0.5, 0.6) is 0 Å². The van der Waals surface area contributed by atoms with Gasteiger partial charge in [0.15, 0.2) is 0 Å². The summed E-state index contributed by atoms with van der Waals surface area (Å²) < 4.78 is 4.78. The maximum atomic E-state index is 4.89. The Bertz CT molecular complexity index is 45.7. The highest BCUT2D eigenvalue weighted by Gasteiger charge is 2.01. The quantitative estimate of drug-likeness (QED) is 0.541. The smallest absolute Gasteiger partial charge is 0.102 e. The molecular formula is C5H13NO2. The van der Waals surface area contributed by atoms with E-state index in [1.807, 2.05) is 6.92 Å². The van der Waals surface area contributed by atoms with E-state index in [2.05, 4.69) is 4.84 Å². The van der Waals surface area contributed by atoms with Gasteiger partial charge in [-0.3, -0.25) is 4.84 Å². The average Bonchev–Trinajstić information content (AvgIpc) is 1.83. The summed E-state index contributed by atoms with van der Waals surface area (Å²) in [5.74, 6) is 4.89. The molecule has 3 heteroatoms. The Balaban J connectivity index is 3.07. The second-order valence-electron chi connectivity index (χ2n) is 1.62. The third-order valence-electron chi connectivity index (χ3n) is 1.00. The summed E-state index contributed by atoms with van der Waals surface area (Å²) in [5, 5.41) is 0. The van der Waals surface area contributed by atoms with E-state index in [9.17, 15) is 0 Å². The highest BCUT2D eigenvalue weighted by molar-refractivity contribution is 4.48. The van der Waals surface area contributed by atoms with Crippen LogP contribution in [-0.4, -0.2) is 19.8 Å². The minimum atomic E-state index is 0.0556. The molecule has 0 aliphatic carbocycles. The minimum absolute atomic E-state index is 0.0556. The molecule has 0 radical (unpaired) electrons. The molecule has 0 saturated heterocycles. The summed E-state index contributed by atoms with van der Waals surface area (Å²) in [6, 6.07) is 0. The summed E-state index contributed by atoms with van der Waals surface area (Å²) in [7, 11) is 1.63. The van der Waals surface area contributed by atoms with Gasteiger partial charge in [0.1, 0.15) is 6.10 Å². The largest absolute Gasteiger partial charge is 0.382 e. The number of ether oxygens (including phenoxy) is 1. The first-order valence-electron chi connectivity index (χ1n) is 2.69. The highest BCUT2D eigenvalue weighted by atomic mass is 16.6. The van der Waals surface area contributed by atoms with Gasteiger partial charge in [0.25, 0.3) is 0 Å². The second-order valence-corrected chi connectivity index (χ2v) is 1.62. The van der Waals surface area contributed by atoms with Crippen molar-refractivity contribution in [3.8, 4) is 0 Å². The Hall–Kier alpha value is -0.120. The Labute approximate surface area is 49.7 Å². The van der Waals surface area contributed by atoms with Gasteiger partial charge in [0.05, 0.1) is 6.61 Å². The molecule has 0 aromatic carbocycles. The average molecular weight is 119 g/mol. The molecule has 0 aliphatic heterocycles. The van der Waals surface area contributed by atoms with E-state index < -0.39 is 0 Å². The van der Waals surface area contributed by atoms with Crippen LogP contribution in [0.1, 0.15) is 13.3 Å². The van der Waals surface area contributed by atoms with Crippen LogP contribution in [0.4, 0.5) is 0 Å². The number of methoxy groups -OCH3 is 1. The van der Waals surface area contributed by atoms with Crippen LogP contribution in [0.2, 0.25) is 0 Å². The summed E-state index contributed by atoms with van der Waals surface area (Å²) in [6.45, 7) is 2.57. The summed E-state index contributed by atoms with van der Waals surface area (Å²) in [5.41, 5.74) is 0. The van der Waals surface area contributed by atoms with Crippen molar-refractivity contribution in [1.82, 2.24) is 0 Å². The molecule has 0 heterocycles. The molecule has 0 saturated carbocycles. The standard InChI is InChI=1S/C5H13NO2/c1-3-5(8-6)4-7-2/h5H,3-4,6H2,1-2H3. The molecule has 2 N–H and O–H groups in total. The van der Waals surface area contributed by atoms with Crippen molar-refractivity contribution in [3.63, 3.8) is 0 Å². The third-order valence-corrected chi connectivity index (χ3v) is 1.00. The fraction of sp³-hybridized carbons (Fsp3) is 1.00. The molecule has 0 aromatic rings. The number of rotatable bonds is 4. The first-order valence-corrected chi connectivity index (χ1v) is 2.69. The van der Waals surface area contributed by atoms with Gasteiger partial charge in [-0.1, -0.05) is 6.92 Å². The molecule has 50 valence electrons. The van der Waals surface area contributed by atoms with Crippen molar-refractivity contribution < 1.29 is 9.57 Å². The summed E-state index contributed by atoms with van der Waals surface area (Å²) in [4.78, 5) is 4.51. The molecule has 0 bridgehead atoms. The number of hydrogen-bond donors (Lipinski definition) is 1. The molecule has 0 aliphatic rings. The van der Waals surface area contributed by atoms with Crippen molar-refractivity contribution in [2.45, 2.75) is 19.4 Å². The van der Waals surface area contributed by atoms with Crippen LogP contribution in [0.25, 0.3) is 0 Å². The highest BCUT2D eigenvalue weighted by Crippen LogP contribution is 1.92. The van der Waals surface area contributed by atoms with Crippen molar-refractivity contribution >= 4 is 0 Å². The van der Waals surface area contributed by atoms with Gasteiger partial charge < -0.3 is 4.74 Å². The molecule has 0 fully saturated rings. The fourth-order valence-electron chi connectivity index (χ4n) is 0.439. The topological polar surface area (TPSA) is 44.5 Å². The molecule has 0 spiro atoms. The van der Waals surface area contributed by atoms with Gasteiger partial charge in [0, 0.05) is 7.11 Å². The third kappa shape index (κ3) is 2.96. The van der Waals surface area contributed by atoms with Crippen LogP contribution < -0.4 is 5.90 Å². The van der Waals surface area contributed by atoms with E-state index in [1.165, 1.54) is 0 Å². The van der Waals surface area contributed by atoms with E-state index >= 15 is 0 Å². The Morgan fingerprint density at radius 3 is 2.38 bits per heavy atom. The van der Waals surface area contributed by atoms with Crippen LogP contribution >= 0.6 is 0 Å². The van der Waals surface area contributed by atoms with Gasteiger partial charge in [-0.05, 0) is 6.42 Å². The molecule has 0 aromatic heterocycles. The second kappa shape index (κ2) is 5.03. The minimum Gasteiger partial charge on any atom is -0.382 e.